The molecule has 0 saturated carbocycles. The fraction of sp³-hybridized carbons (Fsp3) is 0.385. The van der Waals surface area contributed by atoms with Crippen LogP contribution in [0.1, 0.15) is 25.7 Å². The number of methoxy groups -OCH3 is 1. The summed E-state index contributed by atoms with van der Waals surface area (Å²) in [6, 6.07) is 5.01. The van der Waals surface area contributed by atoms with Crippen LogP contribution in [0.5, 0.6) is 11.5 Å². The lowest BCUT2D eigenvalue weighted by Crippen LogP contribution is -2.31. The predicted molar refractivity (Wildman–Crippen MR) is 77.6 cm³/mol. The first kappa shape index (κ1) is 15.3. The van der Waals surface area contributed by atoms with Crippen molar-refractivity contribution in [3.8, 4) is 11.5 Å². The normalized spacial score (nSPS) is 10.8. The van der Waals surface area contributed by atoms with E-state index in [2.05, 4.69) is 10.1 Å². The third kappa shape index (κ3) is 3.53. The van der Waals surface area contributed by atoms with E-state index >= 15 is 0 Å². The minimum Gasteiger partial charge on any atom is -0.497 e. The molecule has 21 heavy (non-hydrogen) atoms. The van der Waals surface area contributed by atoms with Gasteiger partial charge in [-0.05, 0) is 32.0 Å². The molecular weight excluding hydrogens is 273 g/mol. The topological polar surface area (TPSA) is 89.6 Å². The standard InChI is InChI=1S/C13H18BN3O4/c1-9(2)17-13(15-8-16-17)7-21-12-5-4-10(20-3)6-11(12)14(18)19/h4-6,8-9,18-19H,7H2,1-3H3. The molecule has 2 rings (SSSR count). The quantitative estimate of drug-likeness (QED) is 0.735. The van der Waals surface area contributed by atoms with Gasteiger partial charge in [0.1, 0.15) is 24.4 Å². The first-order valence-corrected chi connectivity index (χ1v) is 6.58. The molecule has 0 radical (unpaired) electrons. The van der Waals surface area contributed by atoms with Gasteiger partial charge in [-0.1, -0.05) is 0 Å². The summed E-state index contributed by atoms with van der Waals surface area (Å²) >= 11 is 0. The lowest BCUT2D eigenvalue weighted by Gasteiger charge is -2.13. The van der Waals surface area contributed by atoms with Crippen LogP contribution >= 0.6 is 0 Å². The molecule has 1 heterocycles. The van der Waals surface area contributed by atoms with Crippen molar-refractivity contribution in [2.24, 2.45) is 0 Å². The van der Waals surface area contributed by atoms with E-state index < -0.39 is 7.12 Å². The van der Waals surface area contributed by atoms with E-state index in [4.69, 9.17) is 9.47 Å². The molecule has 0 fully saturated rings. The maximum absolute atomic E-state index is 9.41. The predicted octanol–water partition coefficient (Wildman–Crippen LogP) is 0.126. The first-order valence-electron chi connectivity index (χ1n) is 6.58. The van der Waals surface area contributed by atoms with Gasteiger partial charge in [0.2, 0.25) is 0 Å². The molecule has 7 nitrogen and oxygen atoms in total. The molecule has 0 aliphatic rings. The van der Waals surface area contributed by atoms with Gasteiger partial charge in [0.15, 0.2) is 5.82 Å². The third-order valence-corrected chi connectivity index (χ3v) is 2.99. The molecule has 0 atom stereocenters. The highest BCUT2D eigenvalue weighted by molar-refractivity contribution is 6.59. The van der Waals surface area contributed by atoms with Gasteiger partial charge in [-0.3, -0.25) is 0 Å². The van der Waals surface area contributed by atoms with Gasteiger partial charge < -0.3 is 19.5 Å². The van der Waals surface area contributed by atoms with Crippen molar-refractivity contribution < 1.29 is 19.5 Å². The maximum Gasteiger partial charge on any atom is 0.492 e. The van der Waals surface area contributed by atoms with Crippen LogP contribution in [-0.4, -0.2) is 39.0 Å². The van der Waals surface area contributed by atoms with Gasteiger partial charge in [-0.2, -0.15) is 5.10 Å². The van der Waals surface area contributed by atoms with E-state index in [9.17, 15) is 10.0 Å². The number of hydrogen-bond donors (Lipinski definition) is 2. The molecule has 2 aromatic rings. The van der Waals surface area contributed by atoms with Crippen molar-refractivity contribution in [1.29, 1.82) is 0 Å². The summed E-state index contributed by atoms with van der Waals surface area (Å²) in [7, 11) is -0.132. The Morgan fingerprint density at radius 2 is 2.10 bits per heavy atom. The van der Waals surface area contributed by atoms with Gasteiger partial charge >= 0.3 is 7.12 Å². The fourth-order valence-corrected chi connectivity index (χ4v) is 1.94. The monoisotopic (exact) mass is 291 g/mol. The maximum atomic E-state index is 9.41. The minimum absolute atomic E-state index is 0.171. The minimum atomic E-state index is -1.64. The van der Waals surface area contributed by atoms with Crippen molar-refractivity contribution in [2.45, 2.75) is 26.5 Å². The number of aromatic nitrogens is 3. The van der Waals surface area contributed by atoms with Gasteiger partial charge in [0.25, 0.3) is 0 Å². The van der Waals surface area contributed by atoms with Crippen molar-refractivity contribution in [2.75, 3.05) is 7.11 Å². The molecule has 0 aliphatic heterocycles. The fourth-order valence-electron chi connectivity index (χ4n) is 1.94. The average molecular weight is 291 g/mol. The van der Waals surface area contributed by atoms with E-state index in [1.807, 2.05) is 13.8 Å². The zero-order chi connectivity index (χ0) is 15.4. The second-order valence-corrected chi connectivity index (χ2v) is 4.78. The molecule has 0 aliphatic carbocycles. The van der Waals surface area contributed by atoms with Crippen LogP contribution in [0.25, 0.3) is 0 Å². The third-order valence-electron chi connectivity index (χ3n) is 2.99. The number of ether oxygens (including phenoxy) is 2. The lowest BCUT2D eigenvalue weighted by atomic mass is 9.79. The van der Waals surface area contributed by atoms with Gasteiger partial charge in [0, 0.05) is 11.5 Å². The van der Waals surface area contributed by atoms with Crippen LogP contribution in [0.3, 0.4) is 0 Å². The van der Waals surface area contributed by atoms with Crippen molar-refractivity contribution in [3.05, 3.63) is 30.4 Å². The van der Waals surface area contributed by atoms with Gasteiger partial charge in [-0.25, -0.2) is 9.67 Å². The Morgan fingerprint density at radius 3 is 2.71 bits per heavy atom. The van der Waals surface area contributed by atoms with Crippen LogP contribution < -0.4 is 14.9 Å². The van der Waals surface area contributed by atoms with E-state index in [1.54, 1.807) is 16.8 Å². The Bertz CT molecular complexity index is 601. The van der Waals surface area contributed by atoms with E-state index in [1.165, 1.54) is 19.5 Å². The van der Waals surface area contributed by atoms with Crippen LogP contribution in [0.4, 0.5) is 0 Å². The number of hydrogen-bond acceptors (Lipinski definition) is 6. The van der Waals surface area contributed by atoms with Crippen molar-refractivity contribution in [1.82, 2.24) is 14.8 Å². The van der Waals surface area contributed by atoms with Crippen molar-refractivity contribution in [3.63, 3.8) is 0 Å². The smallest absolute Gasteiger partial charge is 0.492 e. The number of nitrogens with zero attached hydrogens (tertiary/aromatic N) is 3. The molecule has 0 amide bonds. The highest BCUT2D eigenvalue weighted by Crippen LogP contribution is 2.17. The van der Waals surface area contributed by atoms with Gasteiger partial charge in [-0.15, -0.1) is 0 Å². The summed E-state index contributed by atoms with van der Waals surface area (Å²) in [6.07, 6.45) is 1.47. The Balaban J connectivity index is 2.18. The zero-order valence-corrected chi connectivity index (χ0v) is 12.2. The summed E-state index contributed by atoms with van der Waals surface area (Å²) < 4.78 is 12.4. The van der Waals surface area contributed by atoms with Crippen LogP contribution in [0, 0.1) is 0 Å². The summed E-state index contributed by atoms with van der Waals surface area (Å²) in [4.78, 5) is 4.14. The SMILES string of the molecule is COc1ccc(OCc2ncnn2C(C)C)c(B(O)O)c1. The van der Waals surface area contributed by atoms with E-state index in [0.29, 0.717) is 17.3 Å². The van der Waals surface area contributed by atoms with E-state index in [-0.39, 0.29) is 18.1 Å². The zero-order valence-electron chi connectivity index (χ0n) is 12.2. The highest BCUT2D eigenvalue weighted by Gasteiger charge is 2.19. The Hall–Kier alpha value is -2.06. The summed E-state index contributed by atoms with van der Waals surface area (Å²) in [5, 5.41) is 22.9. The summed E-state index contributed by atoms with van der Waals surface area (Å²) in [5.41, 5.74) is 0.241. The Kier molecular flexibility index (Phi) is 4.82. The van der Waals surface area contributed by atoms with Crippen LogP contribution in [-0.2, 0) is 6.61 Å². The molecule has 0 spiro atoms. The summed E-state index contributed by atoms with van der Waals surface area (Å²) in [6.45, 7) is 4.17. The lowest BCUT2D eigenvalue weighted by molar-refractivity contribution is 0.282. The van der Waals surface area contributed by atoms with E-state index in [0.717, 1.165) is 0 Å². The highest BCUT2D eigenvalue weighted by atomic mass is 16.5. The summed E-state index contributed by atoms with van der Waals surface area (Å²) in [5.74, 6) is 1.55. The second-order valence-electron chi connectivity index (χ2n) is 4.78. The molecule has 2 N–H and O–H groups in total. The van der Waals surface area contributed by atoms with Crippen LogP contribution in [0.15, 0.2) is 24.5 Å². The van der Waals surface area contributed by atoms with Crippen molar-refractivity contribution >= 4 is 12.6 Å². The number of rotatable bonds is 6. The largest absolute Gasteiger partial charge is 0.497 e. The number of benzene rings is 1. The molecular formula is C13H18BN3O4. The molecule has 1 aromatic carbocycles. The average Bonchev–Trinajstić information content (AvgIpc) is 2.93. The molecule has 1 aromatic heterocycles. The molecule has 112 valence electrons. The molecule has 0 unspecified atom stereocenters. The first-order chi connectivity index (χ1) is 10.0. The molecule has 0 saturated heterocycles. The Morgan fingerprint density at radius 1 is 1.33 bits per heavy atom. The second kappa shape index (κ2) is 6.60. The van der Waals surface area contributed by atoms with Gasteiger partial charge in [0.05, 0.1) is 7.11 Å². The molecule has 0 bridgehead atoms. The van der Waals surface area contributed by atoms with Crippen LogP contribution in [0.2, 0.25) is 0 Å². The Labute approximate surface area is 123 Å². The molecule has 8 heteroatoms.